The van der Waals surface area contributed by atoms with E-state index in [0.717, 1.165) is 5.69 Å². The summed E-state index contributed by atoms with van der Waals surface area (Å²) in [4.78, 5) is 21.2. The third-order valence-corrected chi connectivity index (χ3v) is 8.80. The zero-order chi connectivity index (χ0) is 26.2. The Bertz CT molecular complexity index is 1510. The fourth-order valence-corrected chi connectivity index (χ4v) is 6.46. The van der Waals surface area contributed by atoms with E-state index in [4.69, 9.17) is 0 Å². The van der Waals surface area contributed by atoms with Gasteiger partial charge in [-0.2, -0.15) is 0 Å². The average Bonchev–Trinajstić information content (AvgIpc) is 3.58. The Balaban J connectivity index is 1.28. The first-order valence-corrected chi connectivity index (χ1v) is 14.1. The summed E-state index contributed by atoms with van der Waals surface area (Å²) in [6.07, 6.45) is 3.23. The number of halogens is 1. The number of carbonyl (C=O) groups excluding carboxylic acids is 1. The third kappa shape index (κ3) is 4.91. The Morgan fingerprint density at radius 2 is 2.00 bits per heavy atom. The van der Waals surface area contributed by atoms with E-state index in [1.807, 2.05) is 4.90 Å². The molecule has 5 rings (SSSR count). The molecule has 1 aliphatic heterocycles. The molecule has 0 spiro atoms. The van der Waals surface area contributed by atoms with E-state index in [1.54, 1.807) is 58.3 Å². The second kappa shape index (κ2) is 10.1. The molecule has 0 radical (unpaired) electrons. The minimum Gasteiger partial charge on any atom is -0.394 e. The largest absolute Gasteiger partial charge is 0.394 e. The van der Waals surface area contributed by atoms with E-state index in [0.29, 0.717) is 35.7 Å². The Morgan fingerprint density at radius 3 is 2.70 bits per heavy atom. The van der Waals surface area contributed by atoms with E-state index in [2.05, 4.69) is 9.71 Å². The number of aliphatic hydroxyl groups excluding tert-OH is 1. The van der Waals surface area contributed by atoms with E-state index in [1.165, 1.54) is 35.7 Å². The molecule has 37 heavy (non-hydrogen) atoms. The minimum absolute atomic E-state index is 0.114. The van der Waals surface area contributed by atoms with Crippen LogP contribution in [0.1, 0.15) is 13.0 Å². The fourth-order valence-electron chi connectivity index (χ4n) is 4.67. The van der Waals surface area contributed by atoms with Gasteiger partial charge in [-0.3, -0.25) is 9.52 Å². The number of sulfonamides is 1. The highest BCUT2D eigenvalue weighted by molar-refractivity contribution is 7.93. The van der Waals surface area contributed by atoms with Crippen LogP contribution < -0.4 is 9.62 Å². The summed E-state index contributed by atoms with van der Waals surface area (Å²) in [5.74, 6) is -0.495. The lowest BCUT2D eigenvalue weighted by Gasteiger charge is -2.42. The lowest BCUT2D eigenvalue weighted by molar-refractivity contribution is -0.138. The summed E-state index contributed by atoms with van der Waals surface area (Å²) in [5.41, 5.74) is 1.43. The van der Waals surface area contributed by atoms with Crippen LogP contribution in [-0.4, -0.2) is 66.2 Å². The van der Waals surface area contributed by atoms with Crippen LogP contribution in [0.5, 0.6) is 0 Å². The maximum atomic E-state index is 14.1. The molecular weight excluding hydrogens is 517 g/mol. The molecule has 194 valence electrons. The Hall–Kier alpha value is -3.48. The van der Waals surface area contributed by atoms with E-state index >= 15 is 0 Å². The van der Waals surface area contributed by atoms with Crippen LogP contribution in [0.3, 0.4) is 0 Å². The van der Waals surface area contributed by atoms with Crippen molar-refractivity contribution >= 4 is 49.0 Å². The topological polar surface area (TPSA) is 108 Å². The first kappa shape index (κ1) is 25.2. The van der Waals surface area contributed by atoms with Gasteiger partial charge in [0.15, 0.2) is 5.13 Å². The van der Waals surface area contributed by atoms with Crippen LogP contribution in [0.2, 0.25) is 0 Å². The summed E-state index contributed by atoms with van der Waals surface area (Å²) < 4.78 is 43.5. The second-order valence-electron chi connectivity index (χ2n) is 8.82. The van der Waals surface area contributed by atoms with E-state index in [9.17, 15) is 22.7 Å². The van der Waals surface area contributed by atoms with Gasteiger partial charge < -0.3 is 19.5 Å². The van der Waals surface area contributed by atoms with Gasteiger partial charge in [-0.05, 0) is 49.4 Å². The number of hydrogen-bond donors (Lipinski definition) is 2. The van der Waals surface area contributed by atoms with Gasteiger partial charge >= 0.3 is 0 Å². The molecule has 1 amide bonds. The van der Waals surface area contributed by atoms with Crippen LogP contribution in [0.4, 0.5) is 15.2 Å². The molecule has 3 heterocycles. The Kier molecular flexibility index (Phi) is 6.88. The second-order valence-corrected chi connectivity index (χ2v) is 11.4. The summed E-state index contributed by atoms with van der Waals surface area (Å²) in [5, 5.41) is 12.5. The number of nitrogens with one attached hydrogen (secondary N) is 1. The zero-order valence-corrected chi connectivity index (χ0v) is 21.6. The van der Waals surface area contributed by atoms with Crippen molar-refractivity contribution in [2.45, 2.75) is 23.9 Å². The summed E-state index contributed by atoms with van der Waals surface area (Å²) in [7, 11) is -3.75. The molecule has 2 aromatic carbocycles. The molecule has 4 aromatic rings. The van der Waals surface area contributed by atoms with Gasteiger partial charge in [0.1, 0.15) is 11.9 Å². The number of benzene rings is 2. The molecule has 1 saturated heterocycles. The molecule has 0 bridgehead atoms. The highest BCUT2D eigenvalue weighted by Crippen LogP contribution is 2.27. The van der Waals surface area contributed by atoms with Crippen molar-refractivity contribution in [3.63, 3.8) is 0 Å². The number of amides is 1. The first-order chi connectivity index (χ1) is 17.8. The van der Waals surface area contributed by atoms with Crippen LogP contribution in [0.15, 0.2) is 71.2 Å². The molecule has 0 unspecified atom stereocenters. The van der Waals surface area contributed by atoms with Gasteiger partial charge in [-0.1, -0.05) is 6.07 Å². The number of hydrogen-bond acceptors (Lipinski definition) is 7. The lowest BCUT2D eigenvalue weighted by atomic mass is 10.1. The standard InChI is InChI=1S/C25H26FN5O4S2/c1-17(30-11-9-21-22(26)3-2-4-23(21)30)24(33)31-13-12-29(15-19(31)16-32)18-5-7-20(8-6-18)37(34,35)28-25-27-10-14-36-25/h2-11,14,17,19,32H,12-13,15-16H2,1H3,(H,27,28)/t17-,19+/m1/s1. The van der Waals surface area contributed by atoms with Gasteiger partial charge in [-0.25, -0.2) is 17.8 Å². The van der Waals surface area contributed by atoms with Crippen molar-refractivity contribution < 1.29 is 22.7 Å². The SMILES string of the molecule is C[C@H](C(=O)N1CCN(c2ccc(S(=O)(=O)Nc3nccs3)cc2)C[C@H]1CO)n1ccc2c(F)cccc21. The van der Waals surface area contributed by atoms with Crippen molar-refractivity contribution in [2.75, 3.05) is 35.9 Å². The number of thiazole rings is 1. The fraction of sp³-hybridized carbons (Fsp3) is 0.280. The van der Waals surface area contributed by atoms with Gasteiger partial charge in [0.05, 0.1) is 23.1 Å². The van der Waals surface area contributed by atoms with Gasteiger partial charge in [0.2, 0.25) is 5.91 Å². The van der Waals surface area contributed by atoms with Gasteiger partial charge in [-0.15, -0.1) is 11.3 Å². The molecule has 9 nitrogen and oxygen atoms in total. The first-order valence-electron chi connectivity index (χ1n) is 11.7. The van der Waals surface area contributed by atoms with Crippen molar-refractivity contribution in [1.82, 2.24) is 14.5 Å². The average molecular weight is 544 g/mol. The van der Waals surface area contributed by atoms with Crippen LogP contribution >= 0.6 is 11.3 Å². The number of carbonyl (C=O) groups is 1. The quantitative estimate of drug-likeness (QED) is 0.370. The van der Waals surface area contributed by atoms with E-state index < -0.39 is 22.1 Å². The van der Waals surface area contributed by atoms with E-state index in [-0.39, 0.29) is 23.2 Å². The third-order valence-electron chi connectivity index (χ3n) is 6.63. The molecule has 2 N–H and O–H groups in total. The number of piperazine rings is 1. The monoisotopic (exact) mass is 543 g/mol. The molecule has 12 heteroatoms. The highest BCUT2D eigenvalue weighted by Gasteiger charge is 2.33. The molecule has 2 aromatic heterocycles. The maximum Gasteiger partial charge on any atom is 0.263 e. The van der Waals surface area contributed by atoms with Gasteiger partial charge in [0, 0.05) is 48.5 Å². The zero-order valence-electron chi connectivity index (χ0n) is 20.0. The number of anilines is 2. The Morgan fingerprint density at radius 1 is 1.22 bits per heavy atom. The number of aromatic nitrogens is 2. The van der Waals surface area contributed by atoms with Crippen molar-refractivity contribution in [3.05, 3.63) is 72.1 Å². The summed E-state index contributed by atoms with van der Waals surface area (Å²) in [6, 6.07) is 11.9. The Labute approximate surface area is 217 Å². The van der Waals surface area contributed by atoms with Crippen LogP contribution in [0.25, 0.3) is 10.9 Å². The van der Waals surface area contributed by atoms with Crippen molar-refractivity contribution in [2.24, 2.45) is 0 Å². The smallest absolute Gasteiger partial charge is 0.263 e. The molecule has 0 aliphatic carbocycles. The van der Waals surface area contributed by atoms with Crippen LogP contribution in [0, 0.1) is 5.82 Å². The molecule has 1 fully saturated rings. The number of fused-ring (bicyclic) bond motifs is 1. The maximum absolute atomic E-state index is 14.1. The minimum atomic E-state index is -3.75. The van der Waals surface area contributed by atoms with Crippen molar-refractivity contribution in [3.8, 4) is 0 Å². The van der Waals surface area contributed by atoms with Crippen molar-refractivity contribution in [1.29, 1.82) is 0 Å². The van der Waals surface area contributed by atoms with Crippen LogP contribution in [-0.2, 0) is 14.8 Å². The molecule has 1 aliphatic rings. The predicted molar refractivity (Wildman–Crippen MR) is 141 cm³/mol. The van der Waals surface area contributed by atoms with Gasteiger partial charge in [0.25, 0.3) is 10.0 Å². The summed E-state index contributed by atoms with van der Waals surface area (Å²) >= 11 is 1.19. The predicted octanol–water partition coefficient (Wildman–Crippen LogP) is 3.31. The lowest BCUT2D eigenvalue weighted by Crippen LogP contribution is -2.57. The number of rotatable bonds is 7. The summed E-state index contributed by atoms with van der Waals surface area (Å²) in [6.45, 7) is 2.83. The number of nitrogens with zero attached hydrogens (tertiary/aromatic N) is 4. The molecule has 0 saturated carbocycles. The normalized spacial score (nSPS) is 17.2. The molecular formula is C25H26FN5O4S2. The molecule has 2 atom stereocenters. The number of aliphatic hydroxyl groups is 1. The highest BCUT2D eigenvalue weighted by atomic mass is 32.2.